The van der Waals surface area contributed by atoms with Crippen molar-refractivity contribution < 1.29 is 19.1 Å². The Morgan fingerprint density at radius 1 is 1.03 bits per heavy atom. The van der Waals surface area contributed by atoms with Crippen molar-refractivity contribution in [3.63, 3.8) is 0 Å². The zero-order valence-electron chi connectivity index (χ0n) is 20.8. The van der Waals surface area contributed by atoms with E-state index in [1.165, 1.54) is 0 Å². The molecule has 1 aliphatic rings. The first-order chi connectivity index (χ1) is 16.4. The molecule has 1 aliphatic heterocycles. The topological polar surface area (TPSA) is 51.2 Å². The van der Waals surface area contributed by atoms with Crippen molar-refractivity contribution in [1.29, 1.82) is 0 Å². The molecular formula is C27H37ClN2O4. The van der Waals surface area contributed by atoms with Crippen LogP contribution in [0.25, 0.3) is 0 Å². The first-order valence-electron chi connectivity index (χ1n) is 12.2. The molecule has 1 heterocycles. The van der Waals surface area contributed by atoms with Crippen LogP contribution in [0.2, 0.25) is 5.02 Å². The van der Waals surface area contributed by atoms with Gasteiger partial charge in [-0.25, -0.2) is 0 Å². The van der Waals surface area contributed by atoms with Gasteiger partial charge in [0.1, 0.15) is 0 Å². The van der Waals surface area contributed by atoms with Crippen LogP contribution in [-0.2, 0) is 22.7 Å². The molecule has 0 bridgehead atoms. The van der Waals surface area contributed by atoms with Crippen LogP contribution in [-0.4, -0.2) is 48.8 Å². The molecule has 2 aromatic rings. The number of rotatable bonds is 11. The second kappa shape index (κ2) is 13.0. The molecule has 3 rings (SSSR count). The summed E-state index contributed by atoms with van der Waals surface area (Å²) in [5, 5.41) is 2.40. The molecule has 7 heteroatoms. The fourth-order valence-corrected chi connectivity index (χ4v) is 4.38. The Balaban J connectivity index is 1.72. The molecule has 34 heavy (non-hydrogen) atoms. The average Bonchev–Trinajstić information content (AvgIpc) is 3.04. The second-order valence-electron chi connectivity index (χ2n) is 9.19. The normalized spacial score (nSPS) is 14.2. The van der Waals surface area contributed by atoms with E-state index in [-0.39, 0.29) is 11.8 Å². The van der Waals surface area contributed by atoms with Gasteiger partial charge in [0.2, 0.25) is 5.91 Å². The van der Waals surface area contributed by atoms with Crippen molar-refractivity contribution in [3.8, 4) is 11.5 Å². The Labute approximate surface area is 208 Å². The molecule has 0 saturated heterocycles. The molecule has 1 amide bonds. The quantitative estimate of drug-likeness (QED) is 0.387. The van der Waals surface area contributed by atoms with E-state index >= 15 is 0 Å². The number of carbonyl (C=O) groups excluding carboxylic acids is 1. The Hall–Kier alpha value is -2.28. The monoisotopic (exact) mass is 488 g/mol. The van der Waals surface area contributed by atoms with Gasteiger partial charge in [-0.05, 0) is 36.1 Å². The van der Waals surface area contributed by atoms with Gasteiger partial charge < -0.3 is 14.4 Å². The van der Waals surface area contributed by atoms with Crippen molar-refractivity contribution >= 4 is 17.5 Å². The number of hydroxylamine groups is 2. The number of ether oxygens (including phenoxy) is 2. The number of hydrogen-bond acceptors (Lipinski definition) is 5. The van der Waals surface area contributed by atoms with E-state index in [0.29, 0.717) is 68.4 Å². The maximum absolute atomic E-state index is 13.6. The van der Waals surface area contributed by atoms with Crippen LogP contribution in [0.5, 0.6) is 11.5 Å². The summed E-state index contributed by atoms with van der Waals surface area (Å²) in [5.74, 6) is 1.43. The standard InChI is InChI=1S/C27H37ClN2O4/c1-5-34-30(19-22-10-7-6-8-11-22)17-21(4)27(31)29(16-20(2)3)18-23-14-24(28)26-25(15-23)32-12-9-13-33-26/h6-8,10-11,14-15,20-21H,5,9,12-13,16-19H2,1-4H3/t21-/m1/s1. The van der Waals surface area contributed by atoms with Crippen LogP contribution in [0.15, 0.2) is 42.5 Å². The van der Waals surface area contributed by atoms with E-state index in [1.807, 2.05) is 54.1 Å². The van der Waals surface area contributed by atoms with E-state index in [4.69, 9.17) is 25.9 Å². The highest BCUT2D eigenvalue weighted by atomic mass is 35.5. The van der Waals surface area contributed by atoms with E-state index in [1.54, 1.807) is 0 Å². The summed E-state index contributed by atoms with van der Waals surface area (Å²) in [6.07, 6.45) is 0.815. The van der Waals surface area contributed by atoms with Crippen molar-refractivity contribution in [2.45, 2.75) is 47.2 Å². The number of carbonyl (C=O) groups is 1. The van der Waals surface area contributed by atoms with E-state index < -0.39 is 0 Å². The first kappa shape index (κ1) is 26.3. The van der Waals surface area contributed by atoms with E-state index in [2.05, 4.69) is 26.0 Å². The number of halogens is 1. The third kappa shape index (κ3) is 7.62. The van der Waals surface area contributed by atoms with Gasteiger partial charge in [-0.3, -0.25) is 9.63 Å². The summed E-state index contributed by atoms with van der Waals surface area (Å²) < 4.78 is 11.6. The molecule has 0 aromatic heterocycles. The van der Waals surface area contributed by atoms with E-state index in [9.17, 15) is 4.79 Å². The molecule has 0 radical (unpaired) electrons. The highest BCUT2D eigenvalue weighted by molar-refractivity contribution is 6.32. The largest absolute Gasteiger partial charge is 0.489 e. The number of amides is 1. The number of nitrogens with zero attached hydrogens (tertiary/aromatic N) is 2. The molecule has 2 aromatic carbocycles. The van der Waals surface area contributed by atoms with Gasteiger partial charge in [-0.2, -0.15) is 5.06 Å². The lowest BCUT2D eigenvalue weighted by Crippen LogP contribution is -2.41. The SMILES string of the molecule is CCON(Cc1ccccc1)C[C@@H](C)C(=O)N(Cc1cc(Cl)c2c(c1)OCCCO2)CC(C)C. The van der Waals surface area contributed by atoms with Crippen molar-refractivity contribution in [3.05, 3.63) is 58.6 Å². The summed E-state index contributed by atoms with van der Waals surface area (Å²) in [6, 6.07) is 14.0. The summed E-state index contributed by atoms with van der Waals surface area (Å²) in [6.45, 7) is 12.2. The predicted molar refractivity (Wildman–Crippen MR) is 135 cm³/mol. The molecule has 0 saturated carbocycles. The third-order valence-corrected chi connectivity index (χ3v) is 5.83. The van der Waals surface area contributed by atoms with Crippen LogP contribution in [0.4, 0.5) is 0 Å². The highest BCUT2D eigenvalue weighted by Crippen LogP contribution is 2.38. The fraction of sp³-hybridized carbons (Fsp3) is 0.519. The summed E-state index contributed by atoms with van der Waals surface area (Å²) in [7, 11) is 0. The molecule has 186 valence electrons. The minimum atomic E-state index is -0.232. The molecule has 0 N–H and O–H groups in total. The Kier molecular flexibility index (Phi) is 10.1. The molecule has 1 atom stereocenters. The van der Waals surface area contributed by atoms with Crippen molar-refractivity contribution in [2.75, 3.05) is 32.9 Å². The van der Waals surface area contributed by atoms with Gasteiger partial charge in [0.05, 0.1) is 30.8 Å². The van der Waals surface area contributed by atoms with Crippen LogP contribution >= 0.6 is 11.6 Å². The van der Waals surface area contributed by atoms with Gasteiger partial charge >= 0.3 is 0 Å². The lowest BCUT2D eigenvalue weighted by atomic mass is 10.1. The number of benzene rings is 2. The maximum Gasteiger partial charge on any atom is 0.227 e. The number of fused-ring (bicyclic) bond motifs is 1. The third-order valence-electron chi connectivity index (χ3n) is 5.55. The Morgan fingerprint density at radius 2 is 1.76 bits per heavy atom. The Morgan fingerprint density at radius 3 is 2.47 bits per heavy atom. The average molecular weight is 489 g/mol. The maximum atomic E-state index is 13.6. The van der Waals surface area contributed by atoms with Gasteiger partial charge in [-0.15, -0.1) is 0 Å². The highest BCUT2D eigenvalue weighted by Gasteiger charge is 2.25. The predicted octanol–water partition coefficient (Wildman–Crippen LogP) is 5.58. The zero-order chi connectivity index (χ0) is 24.5. The first-order valence-corrected chi connectivity index (χ1v) is 12.5. The Bertz CT molecular complexity index is 922. The minimum Gasteiger partial charge on any atom is -0.489 e. The summed E-state index contributed by atoms with van der Waals surface area (Å²) in [4.78, 5) is 21.3. The zero-order valence-corrected chi connectivity index (χ0v) is 21.5. The van der Waals surface area contributed by atoms with Gasteiger partial charge in [0, 0.05) is 32.6 Å². The second-order valence-corrected chi connectivity index (χ2v) is 9.60. The van der Waals surface area contributed by atoms with Crippen LogP contribution < -0.4 is 9.47 Å². The molecular weight excluding hydrogens is 452 g/mol. The summed E-state index contributed by atoms with van der Waals surface area (Å²) >= 11 is 6.50. The van der Waals surface area contributed by atoms with Gasteiger partial charge in [-0.1, -0.05) is 62.7 Å². The lowest BCUT2D eigenvalue weighted by molar-refractivity contribution is -0.174. The summed E-state index contributed by atoms with van der Waals surface area (Å²) in [5.41, 5.74) is 2.08. The van der Waals surface area contributed by atoms with E-state index in [0.717, 1.165) is 17.5 Å². The van der Waals surface area contributed by atoms with Crippen LogP contribution in [0, 0.1) is 11.8 Å². The molecule has 0 spiro atoms. The van der Waals surface area contributed by atoms with Crippen LogP contribution in [0.1, 0.15) is 45.2 Å². The van der Waals surface area contributed by atoms with Crippen molar-refractivity contribution in [1.82, 2.24) is 9.96 Å². The molecule has 0 aliphatic carbocycles. The minimum absolute atomic E-state index is 0.0923. The van der Waals surface area contributed by atoms with Gasteiger partial charge in [0.15, 0.2) is 11.5 Å². The van der Waals surface area contributed by atoms with Crippen molar-refractivity contribution in [2.24, 2.45) is 11.8 Å². The fourth-order valence-electron chi connectivity index (χ4n) is 4.10. The molecule has 0 unspecified atom stereocenters. The molecule has 6 nitrogen and oxygen atoms in total. The molecule has 0 fully saturated rings. The number of hydrogen-bond donors (Lipinski definition) is 0. The lowest BCUT2D eigenvalue weighted by Gasteiger charge is -2.30. The van der Waals surface area contributed by atoms with Gasteiger partial charge in [0.25, 0.3) is 0 Å². The smallest absolute Gasteiger partial charge is 0.227 e. The van der Waals surface area contributed by atoms with Crippen LogP contribution in [0.3, 0.4) is 0 Å².